The largest absolute Gasteiger partial charge is 0.323 e. The van der Waals surface area contributed by atoms with E-state index in [1.807, 2.05) is 61.2 Å². The SMILES string of the molecule is Cc1nc(CC(=O)Nc2c(C)nn(-c3ccccc3)c2C)cs1. The summed E-state index contributed by atoms with van der Waals surface area (Å²) in [5.41, 5.74) is 4.26. The van der Waals surface area contributed by atoms with Crippen LogP contribution >= 0.6 is 11.3 Å². The van der Waals surface area contributed by atoms with Gasteiger partial charge in [0.2, 0.25) is 5.91 Å². The second-order valence-corrected chi connectivity index (χ2v) is 6.44. The number of rotatable bonds is 4. The number of anilines is 1. The van der Waals surface area contributed by atoms with Crippen LogP contribution in [0.25, 0.3) is 5.69 Å². The molecule has 0 saturated carbocycles. The van der Waals surface area contributed by atoms with Crippen LogP contribution in [0.3, 0.4) is 0 Å². The van der Waals surface area contributed by atoms with Crippen molar-refractivity contribution in [1.82, 2.24) is 14.8 Å². The summed E-state index contributed by atoms with van der Waals surface area (Å²) >= 11 is 1.55. The minimum atomic E-state index is -0.0749. The molecule has 0 saturated heterocycles. The maximum atomic E-state index is 12.3. The zero-order valence-corrected chi connectivity index (χ0v) is 14.1. The number of hydrogen-bond donors (Lipinski definition) is 1. The summed E-state index contributed by atoms with van der Waals surface area (Å²) in [7, 11) is 0. The molecule has 3 aromatic rings. The van der Waals surface area contributed by atoms with Crippen molar-refractivity contribution in [1.29, 1.82) is 0 Å². The third kappa shape index (κ3) is 3.32. The van der Waals surface area contributed by atoms with Crippen molar-refractivity contribution in [2.75, 3.05) is 5.32 Å². The van der Waals surface area contributed by atoms with Crippen LogP contribution in [-0.4, -0.2) is 20.7 Å². The average Bonchev–Trinajstić information content (AvgIpc) is 3.06. The van der Waals surface area contributed by atoms with Gasteiger partial charge in [-0.15, -0.1) is 11.3 Å². The van der Waals surface area contributed by atoms with Crippen molar-refractivity contribution in [2.24, 2.45) is 0 Å². The first-order valence-electron chi connectivity index (χ1n) is 7.37. The number of amides is 1. The van der Waals surface area contributed by atoms with Crippen LogP contribution in [0.1, 0.15) is 22.1 Å². The summed E-state index contributed by atoms with van der Waals surface area (Å²) in [5.74, 6) is -0.0749. The molecule has 0 spiro atoms. The number of aromatic nitrogens is 3. The van der Waals surface area contributed by atoms with Gasteiger partial charge in [0.25, 0.3) is 0 Å². The lowest BCUT2D eigenvalue weighted by molar-refractivity contribution is -0.115. The van der Waals surface area contributed by atoms with Gasteiger partial charge in [0.15, 0.2) is 0 Å². The molecule has 0 fully saturated rings. The average molecular weight is 326 g/mol. The zero-order chi connectivity index (χ0) is 16.4. The Hall–Kier alpha value is -2.47. The van der Waals surface area contributed by atoms with Crippen LogP contribution in [0, 0.1) is 20.8 Å². The van der Waals surface area contributed by atoms with Crippen molar-refractivity contribution in [3.8, 4) is 5.69 Å². The van der Waals surface area contributed by atoms with E-state index in [9.17, 15) is 4.79 Å². The first-order valence-corrected chi connectivity index (χ1v) is 8.25. The Bertz CT molecular complexity index is 836. The fraction of sp³-hybridized carbons (Fsp3) is 0.235. The maximum absolute atomic E-state index is 12.3. The van der Waals surface area contributed by atoms with E-state index >= 15 is 0 Å². The van der Waals surface area contributed by atoms with Gasteiger partial charge in [0.1, 0.15) is 0 Å². The normalized spacial score (nSPS) is 10.7. The van der Waals surface area contributed by atoms with Crippen molar-refractivity contribution in [3.05, 3.63) is 57.8 Å². The fourth-order valence-electron chi connectivity index (χ4n) is 2.48. The first-order chi connectivity index (χ1) is 11.0. The number of thiazole rings is 1. The molecule has 0 unspecified atom stereocenters. The summed E-state index contributed by atoms with van der Waals surface area (Å²) in [4.78, 5) is 16.6. The number of para-hydroxylation sites is 1. The highest BCUT2D eigenvalue weighted by Gasteiger charge is 2.16. The fourth-order valence-corrected chi connectivity index (χ4v) is 3.09. The molecule has 118 valence electrons. The maximum Gasteiger partial charge on any atom is 0.230 e. The molecule has 0 bridgehead atoms. The Kier molecular flexibility index (Phi) is 4.25. The first kappa shape index (κ1) is 15.4. The van der Waals surface area contributed by atoms with Gasteiger partial charge in [-0.25, -0.2) is 9.67 Å². The van der Waals surface area contributed by atoms with Gasteiger partial charge in [-0.05, 0) is 32.9 Å². The third-order valence-corrected chi connectivity index (χ3v) is 4.39. The van der Waals surface area contributed by atoms with Crippen molar-refractivity contribution in [2.45, 2.75) is 27.2 Å². The molecule has 1 amide bonds. The molecule has 23 heavy (non-hydrogen) atoms. The molecule has 0 atom stereocenters. The van der Waals surface area contributed by atoms with Crippen LogP contribution in [0.4, 0.5) is 5.69 Å². The molecule has 2 aromatic heterocycles. The number of carbonyl (C=O) groups is 1. The van der Waals surface area contributed by atoms with Gasteiger partial charge >= 0.3 is 0 Å². The van der Waals surface area contributed by atoms with Crippen molar-refractivity contribution < 1.29 is 4.79 Å². The Balaban J connectivity index is 1.80. The molecular formula is C17H18N4OS. The van der Waals surface area contributed by atoms with Gasteiger partial charge in [-0.3, -0.25) is 4.79 Å². The molecule has 1 N–H and O–H groups in total. The highest BCUT2D eigenvalue weighted by molar-refractivity contribution is 7.09. The Morgan fingerprint density at radius 1 is 1.22 bits per heavy atom. The van der Waals surface area contributed by atoms with Crippen molar-refractivity contribution in [3.63, 3.8) is 0 Å². The van der Waals surface area contributed by atoms with Crippen molar-refractivity contribution >= 4 is 22.9 Å². The number of hydrogen-bond acceptors (Lipinski definition) is 4. The quantitative estimate of drug-likeness (QED) is 0.799. The summed E-state index contributed by atoms with van der Waals surface area (Å²) in [6.07, 6.45) is 0.278. The summed E-state index contributed by atoms with van der Waals surface area (Å²) in [6, 6.07) is 9.88. The number of nitrogens with zero attached hydrogens (tertiary/aromatic N) is 3. The van der Waals surface area contributed by atoms with E-state index in [1.54, 1.807) is 11.3 Å². The number of carbonyl (C=O) groups excluding carboxylic acids is 1. The van der Waals surface area contributed by atoms with Crippen LogP contribution in [0.2, 0.25) is 0 Å². The monoisotopic (exact) mass is 326 g/mol. The molecule has 0 aliphatic rings. The van der Waals surface area contributed by atoms with Gasteiger partial charge < -0.3 is 5.32 Å². The topological polar surface area (TPSA) is 59.8 Å². The highest BCUT2D eigenvalue weighted by Crippen LogP contribution is 2.23. The lowest BCUT2D eigenvalue weighted by Crippen LogP contribution is -2.15. The van der Waals surface area contributed by atoms with Gasteiger partial charge in [-0.2, -0.15) is 5.10 Å². The minimum Gasteiger partial charge on any atom is -0.323 e. The summed E-state index contributed by atoms with van der Waals surface area (Å²) < 4.78 is 1.85. The molecule has 5 nitrogen and oxygen atoms in total. The zero-order valence-electron chi connectivity index (χ0n) is 13.3. The van der Waals surface area contributed by atoms with Crippen LogP contribution in [-0.2, 0) is 11.2 Å². The molecule has 0 aliphatic carbocycles. The van der Waals surface area contributed by atoms with E-state index in [0.29, 0.717) is 0 Å². The second-order valence-electron chi connectivity index (χ2n) is 5.38. The summed E-state index contributed by atoms with van der Waals surface area (Å²) in [5, 5.41) is 10.4. The van der Waals surface area contributed by atoms with E-state index in [1.165, 1.54) is 0 Å². The van der Waals surface area contributed by atoms with Crippen LogP contribution in [0.15, 0.2) is 35.7 Å². The Morgan fingerprint density at radius 3 is 2.61 bits per heavy atom. The van der Waals surface area contributed by atoms with E-state index in [0.717, 1.165) is 33.5 Å². The Morgan fingerprint density at radius 2 is 1.96 bits per heavy atom. The van der Waals surface area contributed by atoms with E-state index in [2.05, 4.69) is 15.4 Å². The van der Waals surface area contributed by atoms with E-state index < -0.39 is 0 Å². The lowest BCUT2D eigenvalue weighted by atomic mass is 10.2. The minimum absolute atomic E-state index is 0.0749. The molecule has 0 radical (unpaired) electrons. The molecule has 3 rings (SSSR count). The van der Waals surface area contributed by atoms with Gasteiger partial charge in [0, 0.05) is 5.38 Å². The second kappa shape index (κ2) is 6.34. The van der Waals surface area contributed by atoms with Crippen LogP contribution in [0.5, 0.6) is 0 Å². The number of benzene rings is 1. The molecule has 6 heteroatoms. The van der Waals surface area contributed by atoms with Crippen LogP contribution < -0.4 is 5.32 Å². The van der Waals surface area contributed by atoms with E-state index in [4.69, 9.17) is 0 Å². The molecule has 0 aliphatic heterocycles. The predicted octanol–water partition coefficient (Wildman–Crippen LogP) is 3.44. The smallest absolute Gasteiger partial charge is 0.230 e. The van der Waals surface area contributed by atoms with Gasteiger partial charge in [-0.1, -0.05) is 18.2 Å². The third-order valence-electron chi connectivity index (χ3n) is 3.56. The Labute approximate surface area is 139 Å². The summed E-state index contributed by atoms with van der Waals surface area (Å²) in [6.45, 7) is 5.79. The number of nitrogens with one attached hydrogen (secondary N) is 1. The standard InChI is InChI=1S/C17H18N4OS/c1-11-17(19-16(22)9-14-10-23-13(3)18-14)12(2)21(20-11)15-7-5-4-6-8-15/h4-8,10H,9H2,1-3H3,(H,19,22). The van der Waals surface area contributed by atoms with E-state index in [-0.39, 0.29) is 12.3 Å². The lowest BCUT2D eigenvalue weighted by Gasteiger charge is -2.06. The molecule has 1 aromatic carbocycles. The number of aryl methyl sites for hydroxylation is 2. The predicted molar refractivity (Wildman–Crippen MR) is 92.2 cm³/mol. The van der Waals surface area contributed by atoms with Gasteiger partial charge in [0.05, 0.1) is 39.9 Å². The highest BCUT2D eigenvalue weighted by atomic mass is 32.1. The molecular weight excluding hydrogens is 308 g/mol. The molecule has 2 heterocycles.